The number of carbonyl (C=O) groups is 1. The third kappa shape index (κ3) is 2.65. The Morgan fingerprint density at radius 2 is 2.00 bits per heavy atom. The number of aromatic nitrogens is 1. The van der Waals surface area contributed by atoms with E-state index in [1.54, 1.807) is 0 Å². The number of pyridine rings is 1. The number of fused-ring (bicyclic) bond motifs is 1. The van der Waals surface area contributed by atoms with E-state index >= 15 is 0 Å². The molecule has 0 saturated heterocycles. The van der Waals surface area contributed by atoms with Crippen LogP contribution in [0, 0.1) is 12.8 Å². The Hall–Kier alpha value is -1.96. The average molecular weight is 239 g/mol. The van der Waals surface area contributed by atoms with Crippen LogP contribution in [0.4, 0.5) is 0 Å². The molecule has 2 heteroatoms. The molecule has 1 aromatic heterocycles. The van der Waals surface area contributed by atoms with Gasteiger partial charge in [-0.2, -0.15) is 0 Å². The van der Waals surface area contributed by atoms with Crippen LogP contribution in [-0.4, -0.2) is 11.3 Å². The van der Waals surface area contributed by atoms with Crippen LogP contribution in [0.2, 0.25) is 0 Å². The van der Waals surface area contributed by atoms with Gasteiger partial charge in [0.15, 0.2) is 0 Å². The zero-order valence-electron chi connectivity index (χ0n) is 11.0. The predicted molar refractivity (Wildman–Crippen MR) is 75.4 cm³/mol. The first kappa shape index (κ1) is 12.5. The second-order valence-electron chi connectivity index (χ2n) is 4.82. The van der Waals surface area contributed by atoms with Gasteiger partial charge in [0.2, 0.25) is 0 Å². The topological polar surface area (TPSA) is 30.0 Å². The van der Waals surface area contributed by atoms with Gasteiger partial charge in [0.1, 0.15) is 6.29 Å². The number of nitrogens with zero attached hydrogens (tertiary/aromatic N) is 1. The van der Waals surface area contributed by atoms with Gasteiger partial charge >= 0.3 is 0 Å². The molecule has 0 spiro atoms. The summed E-state index contributed by atoms with van der Waals surface area (Å²) in [6.45, 7) is 6.02. The normalized spacial score (nSPS) is 12.1. The summed E-state index contributed by atoms with van der Waals surface area (Å²) in [7, 11) is 0. The van der Waals surface area contributed by atoms with Crippen LogP contribution >= 0.6 is 0 Å². The maximum absolute atomic E-state index is 11.0. The molecule has 0 aliphatic carbocycles. The minimum atomic E-state index is 0.245. The van der Waals surface area contributed by atoms with Gasteiger partial charge < -0.3 is 0 Å². The van der Waals surface area contributed by atoms with Crippen LogP contribution < -0.4 is 0 Å². The predicted octanol–water partition coefficient (Wildman–Crippen LogP) is 3.78. The molecule has 0 unspecified atom stereocenters. The van der Waals surface area contributed by atoms with Crippen LogP contribution in [0.25, 0.3) is 17.0 Å². The number of rotatable bonds is 3. The molecule has 2 aromatic rings. The lowest BCUT2D eigenvalue weighted by Gasteiger charge is -2.05. The van der Waals surface area contributed by atoms with E-state index in [-0.39, 0.29) is 5.92 Å². The summed E-state index contributed by atoms with van der Waals surface area (Å²) >= 11 is 0. The Kier molecular flexibility index (Phi) is 3.56. The number of benzene rings is 1. The summed E-state index contributed by atoms with van der Waals surface area (Å²) in [4.78, 5) is 15.4. The van der Waals surface area contributed by atoms with Crippen LogP contribution in [0.3, 0.4) is 0 Å². The van der Waals surface area contributed by atoms with Crippen LogP contribution in [0.5, 0.6) is 0 Å². The number of carbonyl (C=O) groups excluding carboxylic acids is 1. The molecule has 92 valence electrons. The summed E-state index contributed by atoms with van der Waals surface area (Å²) < 4.78 is 0. The SMILES string of the molecule is Cc1ccc2cc(/C=C(\C=O)C(C)C)ccc2n1. The highest BCUT2D eigenvalue weighted by molar-refractivity contribution is 5.86. The maximum atomic E-state index is 11.0. The van der Waals surface area contributed by atoms with Gasteiger partial charge in [-0.1, -0.05) is 26.0 Å². The summed E-state index contributed by atoms with van der Waals surface area (Å²) in [5, 5.41) is 1.10. The Morgan fingerprint density at radius 3 is 2.67 bits per heavy atom. The van der Waals surface area contributed by atoms with Gasteiger partial charge in [-0.15, -0.1) is 0 Å². The lowest BCUT2D eigenvalue weighted by molar-refractivity contribution is -0.105. The molecule has 0 fully saturated rings. The zero-order chi connectivity index (χ0) is 13.1. The molecule has 0 N–H and O–H groups in total. The number of aldehydes is 1. The van der Waals surface area contributed by atoms with E-state index < -0.39 is 0 Å². The molecule has 0 aliphatic heterocycles. The first-order valence-corrected chi connectivity index (χ1v) is 6.14. The number of allylic oxidation sites excluding steroid dienone is 1. The van der Waals surface area contributed by atoms with Crippen molar-refractivity contribution >= 4 is 23.3 Å². The largest absolute Gasteiger partial charge is 0.298 e. The Balaban J connectivity index is 2.47. The van der Waals surface area contributed by atoms with E-state index in [1.165, 1.54) is 0 Å². The third-order valence-electron chi connectivity index (χ3n) is 2.99. The van der Waals surface area contributed by atoms with Crippen molar-refractivity contribution < 1.29 is 4.79 Å². The van der Waals surface area contributed by atoms with Gasteiger partial charge in [0, 0.05) is 11.1 Å². The van der Waals surface area contributed by atoms with Crippen molar-refractivity contribution in [2.45, 2.75) is 20.8 Å². The van der Waals surface area contributed by atoms with Crippen molar-refractivity contribution in [1.82, 2.24) is 4.98 Å². The fraction of sp³-hybridized carbons (Fsp3) is 0.250. The molecule has 0 saturated carbocycles. The zero-order valence-corrected chi connectivity index (χ0v) is 11.0. The van der Waals surface area contributed by atoms with Gasteiger partial charge in [0.05, 0.1) is 5.52 Å². The quantitative estimate of drug-likeness (QED) is 0.602. The Morgan fingerprint density at radius 1 is 1.22 bits per heavy atom. The molecule has 0 atom stereocenters. The number of aryl methyl sites for hydroxylation is 1. The van der Waals surface area contributed by atoms with Crippen molar-refractivity contribution in [3.05, 3.63) is 47.2 Å². The highest BCUT2D eigenvalue weighted by Gasteiger charge is 2.02. The second-order valence-corrected chi connectivity index (χ2v) is 4.82. The Bertz CT molecular complexity index is 612. The van der Waals surface area contributed by atoms with E-state index in [4.69, 9.17) is 0 Å². The monoisotopic (exact) mass is 239 g/mol. The smallest absolute Gasteiger partial charge is 0.146 e. The van der Waals surface area contributed by atoms with E-state index in [9.17, 15) is 4.79 Å². The number of hydrogen-bond acceptors (Lipinski definition) is 2. The van der Waals surface area contributed by atoms with Crippen LogP contribution in [0.1, 0.15) is 25.1 Å². The summed E-state index contributed by atoms with van der Waals surface area (Å²) in [5.74, 6) is 0.245. The molecule has 1 heterocycles. The molecule has 2 rings (SSSR count). The summed E-state index contributed by atoms with van der Waals surface area (Å²) in [6.07, 6.45) is 2.87. The van der Waals surface area contributed by atoms with Crippen molar-refractivity contribution in [1.29, 1.82) is 0 Å². The van der Waals surface area contributed by atoms with Crippen molar-refractivity contribution in [3.8, 4) is 0 Å². The molecule has 0 aliphatic rings. The fourth-order valence-corrected chi connectivity index (χ4v) is 1.86. The summed E-state index contributed by atoms with van der Waals surface area (Å²) in [5.41, 5.74) is 3.87. The Labute approximate surface area is 107 Å². The van der Waals surface area contributed by atoms with E-state index in [0.717, 1.165) is 34.0 Å². The molecule has 18 heavy (non-hydrogen) atoms. The third-order valence-corrected chi connectivity index (χ3v) is 2.99. The lowest BCUT2D eigenvalue weighted by Crippen LogP contribution is -1.94. The molecule has 0 amide bonds. The van der Waals surface area contributed by atoms with Gasteiger partial charge in [-0.3, -0.25) is 9.78 Å². The van der Waals surface area contributed by atoms with E-state index in [2.05, 4.69) is 17.1 Å². The maximum Gasteiger partial charge on any atom is 0.146 e. The van der Waals surface area contributed by atoms with Crippen LogP contribution in [-0.2, 0) is 4.79 Å². The first-order chi connectivity index (χ1) is 8.60. The molecule has 0 bridgehead atoms. The molecular formula is C16H17NO. The molecule has 2 nitrogen and oxygen atoms in total. The standard InChI is InChI=1S/C16H17NO/c1-11(2)15(10-18)9-13-5-7-16-14(8-13)6-4-12(3)17-16/h4-11H,1-3H3/b15-9+. The highest BCUT2D eigenvalue weighted by Crippen LogP contribution is 2.18. The molecule has 0 radical (unpaired) electrons. The van der Waals surface area contributed by atoms with Crippen molar-refractivity contribution in [2.75, 3.05) is 0 Å². The van der Waals surface area contributed by atoms with Gasteiger partial charge in [-0.05, 0) is 48.3 Å². The lowest BCUT2D eigenvalue weighted by atomic mass is 10.0. The van der Waals surface area contributed by atoms with E-state index in [0.29, 0.717) is 0 Å². The van der Waals surface area contributed by atoms with Gasteiger partial charge in [-0.25, -0.2) is 0 Å². The molecular weight excluding hydrogens is 222 g/mol. The fourth-order valence-electron chi connectivity index (χ4n) is 1.86. The highest BCUT2D eigenvalue weighted by atomic mass is 16.1. The van der Waals surface area contributed by atoms with Gasteiger partial charge in [0.25, 0.3) is 0 Å². The minimum absolute atomic E-state index is 0.245. The van der Waals surface area contributed by atoms with Crippen molar-refractivity contribution in [3.63, 3.8) is 0 Å². The second kappa shape index (κ2) is 5.13. The van der Waals surface area contributed by atoms with Crippen molar-refractivity contribution in [2.24, 2.45) is 5.92 Å². The summed E-state index contributed by atoms with van der Waals surface area (Å²) in [6, 6.07) is 10.1. The first-order valence-electron chi connectivity index (χ1n) is 6.14. The van der Waals surface area contributed by atoms with Crippen LogP contribution in [0.15, 0.2) is 35.9 Å². The average Bonchev–Trinajstić information content (AvgIpc) is 2.35. The van der Waals surface area contributed by atoms with E-state index in [1.807, 2.05) is 45.0 Å². The molecule has 1 aromatic carbocycles. The number of hydrogen-bond donors (Lipinski definition) is 0. The minimum Gasteiger partial charge on any atom is -0.298 e.